The van der Waals surface area contributed by atoms with Gasteiger partial charge in [-0.1, -0.05) is 48.5 Å². The SMILES string of the molecule is NC(=O)c1cccc(C2=CC3COCC(C2)N3C(=O)OCc2ccccc2)c1. The van der Waals surface area contributed by atoms with Gasteiger partial charge in [0.25, 0.3) is 0 Å². The molecule has 2 N–H and O–H groups in total. The lowest BCUT2D eigenvalue weighted by Gasteiger charge is -2.43. The van der Waals surface area contributed by atoms with Gasteiger partial charge < -0.3 is 15.2 Å². The fourth-order valence-corrected chi connectivity index (χ4v) is 3.76. The summed E-state index contributed by atoms with van der Waals surface area (Å²) in [6.45, 7) is 1.13. The van der Waals surface area contributed by atoms with Gasteiger partial charge in [0.2, 0.25) is 5.91 Å². The molecule has 2 unspecified atom stereocenters. The Bertz CT molecular complexity index is 910. The van der Waals surface area contributed by atoms with Crippen molar-refractivity contribution in [1.82, 2.24) is 4.90 Å². The van der Waals surface area contributed by atoms with Crippen molar-refractivity contribution < 1.29 is 19.1 Å². The van der Waals surface area contributed by atoms with Crippen LogP contribution in [-0.4, -0.2) is 42.2 Å². The molecule has 2 aromatic rings. The lowest BCUT2D eigenvalue weighted by atomic mass is 9.89. The van der Waals surface area contributed by atoms with Crippen LogP contribution in [0.1, 0.15) is 27.9 Å². The first-order chi connectivity index (χ1) is 13.6. The number of hydrogen-bond donors (Lipinski definition) is 1. The number of carbonyl (C=O) groups is 2. The Morgan fingerprint density at radius 1 is 1.11 bits per heavy atom. The number of ether oxygens (including phenoxy) is 2. The molecular formula is C22H22N2O4. The Hall–Kier alpha value is -3.12. The summed E-state index contributed by atoms with van der Waals surface area (Å²) in [6, 6.07) is 16.6. The number of carbonyl (C=O) groups excluding carboxylic acids is 2. The third-order valence-electron chi connectivity index (χ3n) is 5.13. The highest BCUT2D eigenvalue weighted by atomic mass is 16.6. The molecular weight excluding hydrogens is 356 g/mol. The van der Waals surface area contributed by atoms with Crippen LogP contribution in [0.3, 0.4) is 0 Å². The summed E-state index contributed by atoms with van der Waals surface area (Å²) < 4.78 is 11.2. The van der Waals surface area contributed by atoms with Crippen molar-refractivity contribution in [2.45, 2.75) is 25.1 Å². The summed E-state index contributed by atoms with van der Waals surface area (Å²) >= 11 is 0. The normalized spacial score (nSPS) is 21.0. The van der Waals surface area contributed by atoms with E-state index in [0.29, 0.717) is 25.2 Å². The molecule has 0 aliphatic carbocycles. The minimum absolute atomic E-state index is 0.0979. The predicted molar refractivity (Wildman–Crippen MR) is 104 cm³/mol. The van der Waals surface area contributed by atoms with Crippen molar-refractivity contribution >= 4 is 17.6 Å². The Morgan fingerprint density at radius 2 is 1.93 bits per heavy atom. The van der Waals surface area contributed by atoms with Crippen molar-refractivity contribution in [1.29, 1.82) is 0 Å². The lowest BCUT2D eigenvalue weighted by molar-refractivity contribution is -0.0342. The molecule has 0 spiro atoms. The number of morpholine rings is 1. The second-order valence-electron chi connectivity index (χ2n) is 7.05. The third kappa shape index (κ3) is 3.77. The zero-order valence-corrected chi connectivity index (χ0v) is 15.4. The molecule has 28 heavy (non-hydrogen) atoms. The fraction of sp³-hybridized carbons (Fsp3) is 0.273. The van der Waals surface area contributed by atoms with E-state index in [1.165, 1.54) is 0 Å². The zero-order chi connectivity index (χ0) is 19.5. The number of primary amides is 1. The lowest BCUT2D eigenvalue weighted by Crippen LogP contribution is -2.56. The quantitative estimate of drug-likeness (QED) is 0.887. The largest absolute Gasteiger partial charge is 0.445 e. The molecule has 4 rings (SSSR count). The van der Waals surface area contributed by atoms with Gasteiger partial charge in [0.15, 0.2) is 0 Å². The fourth-order valence-electron chi connectivity index (χ4n) is 3.76. The average Bonchev–Trinajstić information content (AvgIpc) is 2.72. The van der Waals surface area contributed by atoms with E-state index < -0.39 is 5.91 Å². The molecule has 0 aromatic heterocycles. The second kappa shape index (κ2) is 7.86. The molecule has 2 bridgehead atoms. The Morgan fingerprint density at radius 3 is 2.68 bits per heavy atom. The Labute approximate surface area is 163 Å². The van der Waals surface area contributed by atoms with Crippen molar-refractivity contribution in [2.75, 3.05) is 13.2 Å². The van der Waals surface area contributed by atoms with Crippen molar-refractivity contribution in [2.24, 2.45) is 5.73 Å². The van der Waals surface area contributed by atoms with Gasteiger partial charge in [0.05, 0.1) is 25.3 Å². The molecule has 2 aliphatic rings. The van der Waals surface area contributed by atoms with Gasteiger partial charge in [0, 0.05) is 5.56 Å². The van der Waals surface area contributed by atoms with E-state index in [1.54, 1.807) is 17.0 Å². The molecule has 6 nitrogen and oxygen atoms in total. The first-order valence-electron chi connectivity index (χ1n) is 9.29. The van der Waals surface area contributed by atoms with E-state index in [9.17, 15) is 9.59 Å². The van der Waals surface area contributed by atoms with Crippen LogP contribution in [0.15, 0.2) is 60.7 Å². The van der Waals surface area contributed by atoms with Crippen molar-refractivity contribution in [3.8, 4) is 0 Å². The van der Waals surface area contributed by atoms with Gasteiger partial charge in [-0.3, -0.25) is 9.69 Å². The second-order valence-corrected chi connectivity index (χ2v) is 7.05. The third-order valence-corrected chi connectivity index (χ3v) is 5.13. The van der Waals surface area contributed by atoms with Crippen LogP contribution in [0.4, 0.5) is 4.79 Å². The first kappa shape index (κ1) is 18.3. The smallest absolute Gasteiger partial charge is 0.411 e. The maximum absolute atomic E-state index is 12.7. The number of nitrogens with two attached hydrogens (primary N) is 1. The number of nitrogens with zero attached hydrogens (tertiary/aromatic N) is 1. The molecule has 2 amide bonds. The highest BCUT2D eigenvalue weighted by Gasteiger charge is 2.39. The van der Waals surface area contributed by atoms with E-state index in [1.807, 2.05) is 48.5 Å². The van der Waals surface area contributed by atoms with Crippen LogP contribution in [-0.2, 0) is 16.1 Å². The van der Waals surface area contributed by atoms with Gasteiger partial charge in [-0.15, -0.1) is 0 Å². The van der Waals surface area contributed by atoms with Gasteiger partial charge in [-0.2, -0.15) is 0 Å². The van der Waals surface area contributed by atoms with E-state index in [0.717, 1.165) is 16.7 Å². The van der Waals surface area contributed by atoms with Crippen LogP contribution in [0.5, 0.6) is 0 Å². The van der Waals surface area contributed by atoms with Crippen LogP contribution >= 0.6 is 0 Å². The molecule has 6 heteroatoms. The average molecular weight is 378 g/mol. The van der Waals surface area contributed by atoms with Gasteiger partial charge in [-0.05, 0) is 35.3 Å². The van der Waals surface area contributed by atoms with Gasteiger partial charge in [-0.25, -0.2) is 4.79 Å². The number of rotatable bonds is 4. The Balaban J connectivity index is 1.52. The van der Waals surface area contributed by atoms with E-state index in [4.69, 9.17) is 15.2 Å². The molecule has 2 atom stereocenters. The summed E-state index contributed by atoms with van der Waals surface area (Å²) in [4.78, 5) is 26.0. The minimum atomic E-state index is -0.451. The van der Waals surface area contributed by atoms with Crippen molar-refractivity contribution in [3.63, 3.8) is 0 Å². The standard InChI is InChI=1S/C22H22N2O4/c23-21(25)17-8-4-7-16(9-17)18-10-19-13-27-14-20(11-18)24(19)22(26)28-12-15-5-2-1-3-6-15/h1-10,19-20H,11-14H2,(H2,23,25). The molecule has 2 aromatic carbocycles. The Kier molecular flexibility index (Phi) is 5.12. The van der Waals surface area contributed by atoms with Crippen LogP contribution in [0.2, 0.25) is 0 Å². The maximum atomic E-state index is 12.7. The number of hydrogen-bond acceptors (Lipinski definition) is 4. The molecule has 0 radical (unpaired) electrons. The summed E-state index contributed by atoms with van der Waals surface area (Å²) in [7, 11) is 0. The van der Waals surface area contributed by atoms with Crippen LogP contribution in [0, 0.1) is 0 Å². The monoisotopic (exact) mass is 378 g/mol. The van der Waals surface area contributed by atoms with Crippen molar-refractivity contribution in [3.05, 3.63) is 77.4 Å². The van der Waals surface area contributed by atoms with E-state index in [-0.39, 0.29) is 24.8 Å². The summed E-state index contributed by atoms with van der Waals surface area (Å²) in [5.41, 5.74) is 8.87. The zero-order valence-electron chi connectivity index (χ0n) is 15.4. The van der Waals surface area contributed by atoms with Crippen LogP contribution < -0.4 is 5.73 Å². The number of benzene rings is 2. The number of amides is 2. The van der Waals surface area contributed by atoms with Crippen LogP contribution in [0.25, 0.3) is 5.57 Å². The summed E-state index contributed by atoms with van der Waals surface area (Å²) in [5, 5.41) is 0. The first-order valence-corrected chi connectivity index (χ1v) is 9.29. The summed E-state index contributed by atoms with van der Waals surface area (Å²) in [6.07, 6.45) is 2.34. The minimum Gasteiger partial charge on any atom is -0.445 e. The van der Waals surface area contributed by atoms with E-state index >= 15 is 0 Å². The van der Waals surface area contributed by atoms with Gasteiger partial charge in [0.1, 0.15) is 6.61 Å². The number of fused-ring (bicyclic) bond motifs is 2. The predicted octanol–water partition coefficient (Wildman–Crippen LogP) is 2.98. The highest BCUT2D eigenvalue weighted by molar-refractivity contribution is 5.93. The molecule has 144 valence electrons. The maximum Gasteiger partial charge on any atom is 0.411 e. The topological polar surface area (TPSA) is 81.9 Å². The molecule has 1 saturated heterocycles. The molecule has 1 fully saturated rings. The van der Waals surface area contributed by atoms with Gasteiger partial charge >= 0.3 is 6.09 Å². The molecule has 0 saturated carbocycles. The molecule has 2 heterocycles. The highest BCUT2D eigenvalue weighted by Crippen LogP contribution is 2.33. The molecule has 2 aliphatic heterocycles. The van der Waals surface area contributed by atoms with E-state index in [2.05, 4.69) is 0 Å². The summed E-state index contributed by atoms with van der Waals surface area (Å²) in [5.74, 6) is -0.451.